The van der Waals surface area contributed by atoms with Crippen LogP contribution in [0.2, 0.25) is 5.02 Å². The summed E-state index contributed by atoms with van der Waals surface area (Å²) in [6.07, 6.45) is 4.71. The first kappa shape index (κ1) is 17.3. The molecule has 0 fully saturated rings. The van der Waals surface area contributed by atoms with Crippen molar-refractivity contribution in [1.29, 1.82) is 0 Å². The van der Waals surface area contributed by atoms with Gasteiger partial charge in [0.1, 0.15) is 9.71 Å². The highest BCUT2D eigenvalue weighted by Crippen LogP contribution is 2.30. The molecule has 0 unspecified atom stereocenters. The van der Waals surface area contributed by atoms with E-state index in [2.05, 4.69) is 4.98 Å². The summed E-state index contributed by atoms with van der Waals surface area (Å²) in [6, 6.07) is 8.99. The van der Waals surface area contributed by atoms with Crippen LogP contribution >= 0.6 is 22.9 Å². The van der Waals surface area contributed by atoms with Crippen LogP contribution in [0.15, 0.2) is 42.6 Å². The van der Waals surface area contributed by atoms with Gasteiger partial charge in [0, 0.05) is 22.2 Å². The summed E-state index contributed by atoms with van der Waals surface area (Å²) < 4.78 is 4.78. The number of allylic oxidation sites excluding steroid dienone is 1. The summed E-state index contributed by atoms with van der Waals surface area (Å²) in [6.45, 7) is 1.82. The van der Waals surface area contributed by atoms with Gasteiger partial charge in [-0.3, -0.25) is 4.79 Å². The number of rotatable bonds is 4. The fraction of sp³-hybridized carbons (Fsp3) is 0.105. The maximum Gasteiger partial charge on any atom is 0.348 e. The van der Waals surface area contributed by atoms with Crippen LogP contribution in [0.25, 0.3) is 16.3 Å². The Kier molecular flexibility index (Phi) is 4.97. The van der Waals surface area contributed by atoms with E-state index in [9.17, 15) is 9.59 Å². The zero-order chi connectivity index (χ0) is 18.0. The molecule has 2 heterocycles. The lowest BCUT2D eigenvalue weighted by Crippen LogP contribution is -1.99. The Bertz CT molecular complexity index is 1010. The third-order valence-corrected chi connectivity index (χ3v) is 5.16. The van der Waals surface area contributed by atoms with E-state index in [0.29, 0.717) is 20.3 Å². The van der Waals surface area contributed by atoms with Crippen LogP contribution in [0, 0.1) is 6.92 Å². The topological polar surface area (TPSA) is 56.3 Å². The number of esters is 1. The quantitative estimate of drug-likeness (QED) is 0.370. The van der Waals surface area contributed by atoms with Gasteiger partial charge < -0.3 is 4.74 Å². The van der Waals surface area contributed by atoms with E-state index < -0.39 is 5.97 Å². The molecule has 3 rings (SSSR count). The summed E-state index contributed by atoms with van der Waals surface area (Å²) in [5.41, 5.74) is 2.07. The van der Waals surface area contributed by atoms with Gasteiger partial charge in [0.15, 0.2) is 5.78 Å². The summed E-state index contributed by atoms with van der Waals surface area (Å²) >= 11 is 7.19. The van der Waals surface area contributed by atoms with Gasteiger partial charge in [-0.1, -0.05) is 29.8 Å². The van der Waals surface area contributed by atoms with Gasteiger partial charge in [-0.2, -0.15) is 0 Å². The van der Waals surface area contributed by atoms with Crippen molar-refractivity contribution in [2.24, 2.45) is 0 Å². The highest BCUT2D eigenvalue weighted by atomic mass is 35.5. The SMILES string of the molecule is COC(=O)c1sc2ncc(C(=O)/C=C/c3cccc(Cl)c3)cc2c1C. The number of aryl methyl sites for hydroxylation is 1. The Morgan fingerprint density at radius 3 is 2.80 bits per heavy atom. The molecule has 126 valence electrons. The highest BCUT2D eigenvalue weighted by molar-refractivity contribution is 7.20. The number of ether oxygens (including phenoxy) is 1. The maximum absolute atomic E-state index is 12.4. The van der Waals surface area contributed by atoms with Crippen molar-refractivity contribution in [1.82, 2.24) is 4.98 Å². The molecule has 0 aliphatic rings. The fourth-order valence-electron chi connectivity index (χ4n) is 2.40. The molecule has 25 heavy (non-hydrogen) atoms. The van der Waals surface area contributed by atoms with Crippen LogP contribution < -0.4 is 0 Å². The Morgan fingerprint density at radius 1 is 1.28 bits per heavy atom. The van der Waals surface area contributed by atoms with E-state index in [1.54, 1.807) is 24.3 Å². The van der Waals surface area contributed by atoms with Crippen molar-refractivity contribution >= 4 is 51.0 Å². The van der Waals surface area contributed by atoms with Crippen LogP contribution in [0.5, 0.6) is 0 Å². The van der Waals surface area contributed by atoms with E-state index in [1.165, 1.54) is 30.7 Å². The van der Waals surface area contributed by atoms with Crippen LogP contribution in [0.1, 0.15) is 31.2 Å². The van der Waals surface area contributed by atoms with Crippen LogP contribution in [-0.2, 0) is 4.74 Å². The first-order chi connectivity index (χ1) is 12.0. The molecule has 0 radical (unpaired) electrons. The van der Waals surface area contributed by atoms with Gasteiger partial charge in [-0.15, -0.1) is 11.3 Å². The molecule has 0 aliphatic heterocycles. The molecule has 4 nitrogen and oxygen atoms in total. The van der Waals surface area contributed by atoms with Crippen molar-refractivity contribution in [3.8, 4) is 0 Å². The lowest BCUT2D eigenvalue weighted by molar-refractivity contribution is 0.0605. The van der Waals surface area contributed by atoms with Gasteiger partial charge in [-0.25, -0.2) is 9.78 Å². The molecular weight excluding hydrogens is 358 g/mol. The minimum Gasteiger partial charge on any atom is -0.465 e. The number of hydrogen-bond acceptors (Lipinski definition) is 5. The second-order valence-corrected chi connectivity index (χ2v) is 6.81. The molecule has 0 saturated heterocycles. The highest BCUT2D eigenvalue weighted by Gasteiger charge is 2.17. The molecule has 0 bridgehead atoms. The molecule has 0 saturated carbocycles. The Balaban J connectivity index is 1.92. The minimum absolute atomic E-state index is 0.167. The van der Waals surface area contributed by atoms with Crippen molar-refractivity contribution in [3.63, 3.8) is 0 Å². The maximum atomic E-state index is 12.4. The second-order valence-electron chi connectivity index (χ2n) is 5.38. The predicted molar refractivity (Wildman–Crippen MR) is 101 cm³/mol. The normalized spacial score (nSPS) is 11.2. The number of carbonyl (C=O) groups excluding carboxylic acids is 2. The van der Waals surface area contributed by atoms with Crippen molar-refractivity contribution in [2.45, 2.75) is 6.92 Å². The zero-order valence-electron chi connectivity index (χ0n) is 13.6. The standard InChI is InChI=1S/C19H14ClNO3S/c1-11-15-9-13(10-21-18(15)25-17(11)19(23)24-2)16(22)7-6-12-4-3-5-14(20)8-12/h3-10H,1-2H3/b7-6+. The number of thiophene rings is 1. The van der Waals surface area contributed by atoms with E-state index >= 15 is 0 Å². The molecule has 0 spiro atoms. The molecule has 0 amide bonds. The third kappa shape index (κ3) is 3.62. The Morgan fingerprint density at radius 2 is 2.08 bits per heavy atom. The molecule has 0 atom stereocenters. The second kappa shape index (κ2) is 7.17. The number of methoxy groups -OCH3 is 1. The lowest BCUT2D eigenvalue weighted by atomic mass is 10.1. The van der Waals surface area contributed by atoms with E-state index in [0.717, 1.165) is 16.5 Å². The smallest absolute Gasteiger partial charge is 0.348 e. The number of pyridine rings is 1. The average molecular weight is 372 g/mol. The lowest BCUT2D eigenvalue weighted by Gasteiger charge is -1.98. The summed E-state index contributed by atoms with van der Waals surface area (Å²) in [4.78, 5) is 29.7. The number of fused-ring (bicyclic) bond motifs is 1. The average Bonchev–Trinajstić information content (AvgIpc) is 2.95. The summed E-state index contributed by atoms with van der Waals surface area (Å²) in [5.74, 6) is -0.561. The first-order valence-corrected chi connectivity index (χ1v) is 8.64. The number of ketones is 1. The van der Waals surface area contributed by atoms with Crippen molar-refractivity contribution in [2.75, 3.05) is 7.11 Å². The molecule has 1 aromatic carbocycles. The number of aromatic nitrogens is 1. The molecule has 2 aromatic heterocycles. The zero-order valence-corrected chi connectivity index (χ0v) is 15.1. The van der Waals surface area contributed by atoms with E-state index in [4.69, 9.17) is 16.3 Å². The van der Waals surface area contributed by atoms with E-state index in [1.807, 2.05) is 19.1 Å². The third-order valence-electron chi connectivity index (χ3n) is 3.73. The number of halogens is 1. The van der Waals surface area contributed by atoms with Crippen molar-refractivity contribution < 1.29 is 14.3 Å². The Labute approximate surface area is 153 Å². The Hall–Kier alpha value is -2.50. The van der Waals surface area contributed by atoms with Crippen LogP contribution in [0.4, 0.5) is 0 Å². The molecule has 0 aliphatic carbocycles. The molecule has 0 N–H and O–H groups in total. The van der Waals surface area contributed by atoms with Gasteiger partial charge >= 0.3 is 5.97 Å². The van der Waals surface area contributed by atoms with Crippen LogP contribution in [0.3, 0.4) is 0 Å². The van der Waals surface area contributed by atoms with Gasteiger partial charge in [0.05, 0.1) is 7.11 Å². The molecule has 3 aromatic rings. The summed E-state index contributed by atoms with van der Waals surface area (Å²) in [5, 5.41) is 1.40. The molecule has 6 heteroatoms. The number of carbonyl (C=O) groups is 2. The van der Waals surface area contributed by atoms with Crippen LogP contribution in [-0.4, -0.2) is 23.8 Å². The first-order valence-electron chi connectivity index (χ1n) is 7.45. The monoisotopic (exact) mass is 371 g/mol. The van der Waals surface area contributed by atoms with Crippen molar-refractivity contribution in [3.05, 3.63) is 69.2 Å². The number of benzene rings is 1. The summed E-state index contributed by atoms with van der Waals surface area (Å²) in [7, 11) is 1.34. The van der Waals surface area contributed by atoms with E-state index in [-0.39, 0.29) is 5.78 Å². The largest absolute Gasteiger partial charge is 0.465 e. The fourth-order valence-corrected chi connectivity index (χ4v) is 3.65. The van der Waals surface area contributed by atoms with Gasteiger partial charge in [-0.05, 0) is 42.3 Å². The minimum atomic E-state index is -0.394. The van der Waals surface area contributed by atoms with Gasteiger partial charge in [0.2, 0.25) is 0 Å². The number of nitrogens with zero attached hydrogens (tertiary/aromatic N) is 1. The predicted octanol–water partition coefficient (Wildman–Crippen LogP) is 4.94. The van der Waals surface area contributed by atoms with Gasteiger partial charge in [0.25, 0.3) is 0 Å². The molecular formula is C19H14ClNO3S. The number of hydrogen-bond donors (Lipinski definition) is 0.